The van der Waals surface area contributed by atoms with Crippen molar-refractivity contribution in [1.29, 1.82) is 0 Å². The number of piperazine rings is 1. The Morgan fingerprint density at radius 1 is 0.852 bits per heavy atom. The summed E-state index contributed by atoms with van der Waals surface area (Å²) >= 11 is 0. The fourth-order valence-electron chi connectivity index (χ4n) is 3.21. The second-order valence-corrected chi connectivity index (χ2v) is 7.08. The number of likely N-dealkylation sites (N-methyl/N-ethyl adjacent to an activating group) is 1. The summed E-state index contributed by atoms with van der Waals surface area (Å²) in [6, 6.07) is 20.7. The second-order valence-electron chi connectivity index (χ2n) is 7.08. The minimum Gasteiger partial charge on any atom is -0.354 e. The van der Waals surface area contributed by atoms with E-state index in [0.29, 0.717) is 5.95 Å². The van der Waals surface area contributed by atoms with Gasteiger partial charge in [0.2, 0.25) is 5.95 Å². The molecule has 0 amide bonds. The fraction of sp³-hybridized carbons (Fsp3) is 0.273. The topological polar surface area (TPSA) is 44.3 Å². The first-order chi connectivity index (χ1) is 13.2. The van der Waals surface area contributed by atoms with E-state index in [1.807, 2.05) is 18.2 Å². The van der Waals surface area contributed by atoms with E-state index in [4.69, 9.17) is 9.97 Å². The van der Waals surface area contributed by atoms with Crippen molar-refractivity contribution >= 4 is 17.5 Å². The molecule has 27 heavy (non-hydrogen) atoms. The van der Waals surface area contributed by atoms with Crippen LogP contribution in [0.3, 0.4) is 0 Å². The molecule has 1 saturated heterocycles. The van der Waals surface area contributed by atoms with Gasteiger partial charge in [0, 0.05) is 43.5 Å². The molecule has 0 radical (unpaired) electrons. The first-order valence-corrected chi connectivity index (χ1v) is 9.39. The molecule has 3 aromatic rings. The molecule has 0 saturated carbocycles. The molecular formula is C22H25N5. The Balaban J connectivity index is 1.69. The maximum absolute atomic E-state index is 4.81. The van der Waals surface area contributed by atoms with Crippen LogP contribution in [0.5, 0.6) is 0 Å². The van der Waals surface area contributed by atoms with Crippen LogP contribution in [-0.2, 0) is 0 Å². The SMILES string of the molecule is Cc1ccc(Nc2nc(-c3ccccc3)cc(N3CCN(C)CC3)n2)cc1. The quantitative estimate of drug-likeness (QED) is 0.764. The van der Waals surface area contributed by atoms with Crippen molar-refractivity contribution in [3.05, 3.63) is 66.2 Å². The van der Waals surface area contributed by atoms with Crippen LogP contribution in [0.1, 0.15) is 5.56 Å². The van der Waals surface area contributed by atoms with E-state index in [2.05, 4.69) is 71.6 Å². The molecule has 138 valence electrons. The van der Waals surface area contributed by atoms with Crippen molar-refractivity contribution in [3.8, 4) is 11.3 Å². The van der Waals surface area contributed by atoms with Gasteiger partial charge in [-0.05, 0) is 26.1 Å². The molecule has 4 rings (SSSR count). The molecule has 5 heteroatoms. The Kier molecular flexibility index (Phi) is 5.03. The summed E-state index contributed by atoms with van der Waals surface area (Å²) in [5.41, 5.74) is 4.27. The van der Waals surface area contributed by atoms with Gasteiger partial charge in [-0.1, -0.05) is 48.0 Å². The lowest BCUT2D eigenvalue weighted by Crippen LogP contribution is -2.44. The summed E-state index contributed by atoms with van der Waals surface area (Å²) < 4.78 is 0. The predicted octanol–water partition coefficient (Wildman–Crippen LogP) is 3.95. The average Bonchev–Trinajstić information content (AvgIpc) is 2.71. The Bertz CT molecular complexity index is 884. The van der Waals surface area contributed by atoms with Crippen LogP contribution in [-0.4, -0.2) is 48.1 Å². The molecule has 1 fully saturated rings. The smallest absolute Gasteiger partial charge is 0.229 e. The molecule has 0 spiro atoms. The molecule has 1 aromatic heterocycles. The van der Waals surface area contributed by atoms with Crippen molar-refractivity contribution in [1.82, 2.24) is 14.9 Å². The number of hydrogen-bond donors (Lipinski definition) is 1. The van der Waals surface area contributed by atoms with Crippen molar-refractivity contribution in [2.75, 3.05) is 43.4 Å². The summed E-state index contributed by atoms with van der Waals surface area (Å²) in [5, 5.41) is 3.37. The van der Waals surface area contributed by atoms with Gasteiger partial charge in [-0.25, -0.2) is 4.98 Å². The van der Waals surface area contributed by atoms with E-state index >= 15 is 0 Å². The van der Waals surface area contributed by atoms with Crippen LogP contribution in [0, 0.1) is 6.92 Å². The number of anilines is 3. The molecule has 2 aromatic carbocycles. The van der Waals surface area contributed by atoms with E-state index in [9.17, 15) is 0 Å². The summed E-state index contributed by atoms with van der Waals surface area (Å²) in [6.45, 7) is 6.13. The lowest BCUT2D eigenvalue weighted by Gasteiger charge is -2.33. The van der Waals surface area contributed by atoms with Crippen molar-refractivity contribution in [2.45, 2.75) is 6.92 Å². The predicted molar refractivity (Wildman–Crippen MR) is 112 cm³/mol. The molecule has 1 N–H and O–H groups in total. The van der Waals surface area contributed by atoms with Gasteiger partial charge in [0.15, 0.2) is 0 Å². The highest BCUT2D eigenvalue weighted by Crippen LogP contribution is 2.25. The summed E-state index contributed by atoms with van der Waals surface area (Å²) in [7, 11) is 2.16. The van der Waals surface area contributed by atoms with Crippen molar-refractivity contribution < 1.29 is 0 Å². The summed E-state index contributed by atoms with van der Waals surface area (Å²) in [4.78, 5) is 14.3. The number of nitrogens with one attached hydrogen (secondary N) is 1. The number of aromatic nitrogens is 2. The van der Waals surface area contributed by atoms with Gasteiger partial charge in [0.05, 0.1) is 5.69 Å². The third-order valence-corrected chi connectivity index (χ3v) is 4.92. The number of aryl methyl sites for hydroxylation is 1. The van der Waals surface area contributed by atoms with Crippen LogP contribution in [0.4, 0.5) is 17.5 Å². The molecule has 1 aliphatic heterocycles. The minimum atomic E-state index is 0.633. The Labute approximate surface area is 160 Å². The molecule has 0 bridgehead atoms. The van der Waals surface area contributed by atoms with E-state index < -0.39 is 0 Å². The molecule has 2 heterocycles. The van der Waals surface area contributed by atoms with Crippen molar-refractivity contribution in [3.63, 3.8) is 0 Å². The zero-order valence-corrected chi connectivity index (χ0v) is 15.9. The van der Waals surface area contributed by atoms with E-state index in [1.165, 1.54) is 5.56 Å². The van der Waals surface area contributed by atoms with Gasteiger partial charge in [-0.15, -0.1) is 0 Å². The maximum Gasteiger partial charge on any atom is 0.229 e. The summed E-state index contributed by atoms with van der Waals surface area (Å²) in [5.74, 6) is 1.61. The van der Waals surface area contributed by atoms with Gasteiger partial charge in [0.25, 0.3) is 0 Å². The molecule has 5 nitrogen and oxygen atoms in total. The van der Waals surface area contributed by atoms with Crippen LogP contribution in [0.2, 0.25) is 0 Å². The van der Waals surface area contributed by atoms with Crippen LogP contribution < -0.4 is 10.2 Å². The van der Waals surface area contributed by atoms with Gasteiger partial charge in [-0.3, -0.25) is 0 Å². The Morgan fingerprint density at radius 3 is 2.26 bits per heavy atom. The van der Waals surface area contributed by atoms with E-state index in [0.717, 1.165) is 48.9 Å². The summed E-state index contributed by atoms with van der Waals surface area (Å²) in [6.07, 6.45) is 0. The largest absolute Gasteiger partial charge is 0.354 e. The third-order valence-electron chi connectivity index (χ3n) is 4.92. The first kappa shape index (κ1) is 17.5. The Hall–Kier alpha value is -2.92. The zero-order valence-electron chi connectivity index (χ0n) is 15.9. The molecule has 0 atom stereocenters. The lowest BCUT2D eigenvalue weighted by atomic mass is 10.1. The van der Waals surface area contributed by atoms with Crippen LogP contribution in [0.15, 0.2) is 60.7 Å². The van der Waals surface area contributed by atoms with Gasteiger partial charge < -0.3 is 15.1 Å². The van der Waals surface area contributed by atoms with E-state index in [1.54, 1.807) is 0 Å². The standard InChI is InChI=1S/C22H25N5/c1-17-8-10-19(11-9-17)23-22-24-20(18-6-4-3-5-7-18)16-21(25-22)27-14-12-26(2)13-15-27/h3-11,16H,12-15H2,1-2H3,(H,23,24,25). The first-order valence-electron chi connectivity index (χ1n) is 9.39. The normalized spacial score (nSPS) is 15.0. The maximum atomic E-state index is 4.81. The molecular weight excluding hydrogens is 334 g/mol. The van der Waals surface area contributed by atoms with Crippen LogP contribution >= 0.6 is 0 Å². The molecule has 0 aliphatic carbocycles. The van der Waals surface area contributed by atoms with Gasteiger partial charge in [0.1, 0.15) is 5.82 Å². The van der Waals surface area contributed by atoms with Gasteiger partial charge in [-0.2, -0.15) is 4.98 Å². The lowest BCUT2D eigenvalue weighted by molar-refractivity contribution is 0.312. The highest BCUT2D eigenvalue weighted by Gasteiger charge is 2.17. The highest BCUT2D eigenvalue weighted by molar-refractivity contribution is 5.66. The number of rotatable bonds is 4. The minimum absolute atomic E-state index is 0.633. The van der Waals surface area contributed by atoms with Crippen LogP contribution in [0.25, 0.3) is 11.3 Å². The van der Waals surface area contributed by atoms with Crippen molar-refractivity contribution in [2.24, 2.45) is 0 Å². The highest BCUT2D eigenvalue weighted by atomic mass is 15.3. The monoisotopic (exact) mass is 359 g/mol. The third kappa shape index (κ3) is 4.26. The van der Waals surface area contributed by atoms with E-state index in [-0.39, 0.29) is 0 Å². The fourth-order valence-corrected chi connectivity index (χ4v) is 3.21. The second kappa shape index (κ2) is 7.76. The van der Waals surface area contributed by atoms with Gasteiger partial charge >= 0.3 is 0 Å². The number of nitrogens with zero attached hydrogens (tertiary/aromatic N) is 4. The zero-order chi connectivity index (χ0) is 18.6. The molecule has 1 aliphatic rings. The Morgan fingerprint density at radius 2 is 1.56 bits per heavy atom. The number of benzene rings is 2. The number of hydrogen-bond acceptors (Lipinski definition) is 5. The average molecular weight is 359 g/mol. The molecule has 0 unspecified atom stereocenters.